The second-order valence-corrected chi connectivity index (χ2v) is 5.58. The van der Waals surface area contributed by atoms with E-state index in [4.69, 9.17) is 0 Å². The van der Waals surface area contributed by atoms with Gasteiger partial charge in [-0.3, -0.25) is 4.79 Å². The molecule has 1 aromatic heterocycles. The van der Waals surface area contributed by atoms with Gasteiger partial charge in [-0.2, -0.15) is 0 Å². The lowest BCUT2D eigenvalue weighted by molar-refractivity contribution is 0.102. The average molecular weight is 306 g/mol. The fourth-order valence-electron chi connectivity index (χ4n) is 2.57. The second kappa shape index (κ2) is 6.04. The van der Waals surface area contributed by atoms with Gasteiger partial charge >= 0.3 is 0 Å². The Labute approximate surface area is 135 Å². The lowest BCUT2D eigenvalue weighted by Crippen LogP contribution is -2.14. The lowest BCUT2D eigenvalue weighted by atomic mass is 10.0. The summed E-state index contributed by atoms with van der Waals surface area (Å²) in [5, 5.41) is 11.0. The molecular formula is C18H18N4O. The number of carbonyl (C=O) groups is 1. The molecular weight excluding hydrogens is 288 g/mol. The van der Waals surface area contributed by atoms with Gasteiger partial charge in [0, 0.05) is 18.2 Å². The van der Waals surface area contributed by atoms with Crippen molar-refractivity contribution in [3.63, 3.8) is 0 Å². The highest BCUT2D eigenvalue weighted by atomic mass is 16.1. The smallest absolute Gasteiger partial charge is 0.255 e. The van der Waals surface area contributed by atoms with Crippen LogP contribution in [-0.2, 0) is 7.05 Å². The number of hydrogen-bond acceptors (Lipinski definition) is 3. The highest BCUT2D eigenvalue weighted by Gasteiger charge is 2.14. The fraction of sp³-hybridized carbons (Fsp3) is 0.167. The monoisotopic (exact) mass is 306 g/mol. The quantitative estimate of drug-likeness (QED) is 0.807. The summed E-state index contributed by atoms with van der Waals surface area (Å²) in [7, 11) is 1.87. The molecule has 0 bridgehead atoms. The number of nitrogens with one attached hydrogen (secondary N) is 1. The van der Waals surface area contributed by atoms with Crippen LogP contribution >= 0.6 is 0 Å². The Morgan fingerprint density at radius 2 is 1.91 bits per heavy atom. The molecule has 3 aromatic rings. The number of amides is 1. The van der Waals surface area contributed by atoms with Crippen LogP contribution < -0.4 is 5.32 Å². The van der Waals surface area contributed by atoms with Gasteiger partial charge in [-0.05, 0) is 37.6 Å². The Morgan fingerprint density at radius 1 is 1.13 bits per heavy atom. The van der Waals surface area contributed by atoms with Crippen molar-refractivity contribution in [3.05, 3.63) is 65.5 Å². The highest BCUT2D eigenvalue weighted by molar-refractivity contribution is 6.06. The lowest BCUT2D eigenvalue weighted by Gasteiger charge is -2.12. The molecule has 5 heteroatoms. The van der Waals surface area contributed by atoms with Crippen molar-refractivity contribution in [2.75, 3.05) is 5.32 Å². The number of anilines is 1. The van der Waals surface area contributed by atoms with E-state index in [1.807, 2.05) is 67.9 Å². The number of aromatic nitrogens is 3. The van der Waals surface area contributed by atoms with Crippen LogP contribution in [0.15, 0.2) is 48.8 Å². The summed E-state index contributed by atoms with van der Waals surface area (Å²) in [6, 6.07) is 13.4. The summed E-state index contributed by atoms with van der Waals surface area (Å²) >= 11 is 0. The third-order valence-electron chi connectivity index (χ3n) is 3.75. The Kier molecular flexibility index (Phi) is 3.93. The van der Waals surface area contributed by atoms with Gasteiger partial charge in [0.1, 0.15) is 6.33 Å². The summed E-state index contributed by atoms with van der Waals surface area (Å²) < 4.78 is 1.82. The molecule has 1 N–H and O–H groups in total. The molecule has 1 amide bonds. The van der Waals surface area contributed by atoms with E-state index in [1.54, 1.807) is 6.33 Å². The van der Waals surface area contributed by atoms with Crippen LogP contribution in [0.1, 0.15) is 21.5 Å². The van der Waals surface area contributed by atoms with Crippen LogP contribution in [-0.4, -0.2) is 20.7 Å². The molecule has 23 heavy (non-hydrogen) atoms. The third-order valence-corrected chi connectivity index (χ3v) is 3.75. The minimum atomic E-state index is -0.128. The number of carbonyl (C=O) groups excluding carboxylic acids is 1. The van der Waals surface area contributed by atoms with Gasteiger partial charge in [-0.25, -0.2) is 0 Å². The Balaban J connectivity index is 1.95. The standard InChI is InChI=1S/C18H18N4O/c1-12-8-9-14(13(2)10-12)18(23)20-16-7-5-4-6-15(16)17-21-19-11-22(17)3/h4-11H,1-3H3,(H,20,23). The van der Waals surface area contributed by atoms with Crippen LogP contribution in [0, 0.1) is 13.8 Å². The third kappa shape index (κ3) is 2.99. The number of nitrogens with zero attached hydrogens (tertiary/aromatic N) is 3. The molecule has 0 saturated carbocycles. The molecule has 0 aliphatic heterocycles. The van der Waals surface area contributed by atoms with Crippen molar-refractivity contribution in [3.8, 4) is 11.4 Å². The molecule has 1 heterocycles. The maximum Gasteiger partial charge on any atom is 0.255 e. The van der Waals surface area contributed by atoms with E-state index in [9.17, 15) is 4.79 Å². The molecule has 0 aliphatic carbocycles. The van der Waals surface area contributed by atoms with Crippen molar-refractivity contribution in [1.29, 1.82) is 0 Å². The zero-order chi connectivity index (χ0) is 16.4. The summed E-state index contributed by atoms with van der Waals surface area (Å²) in [5.41, 5.74) is 4.32. The van der Waals surface area contributed by atoms with Gasteiger partial charge in [0.05, 0.1) is 5.69 Å². The van der Waals surface area contributed by atoms with Crippen molar-refractivity contribution in [2.45, 2.75) is 13.8 Å². The van der Waals surface area contributed by atoms with E-state index in [1.165, 1.54) is 0 Å². The van der Waals surface area contributed by atoms with Gasteiger partial charge in [0.2, 0.25) is 0 Å². The number of hydrogen-bond donors (Lipinski definition) is 1. The zero-order valence-corrected chi connectivity index (χ0v) is 13.4. The van der Waals surface area contributed by atoms with Gasteiger partial charge in [-0.1, -0.05) is 29.8 Å². The number of rotatable bonds is 3. The molecule has 0 unspecified atom stereocenters. The minimum absolute atomic E-state index is 0.128. The zero-order valence-electron chi connectivity index (χ0n) is 13.4. The van der Waals surface area contributed by atoms with E-state index in [2.05, 4.69) is 15.5 Å². The molecule has 2 aromatic carbocycles. The number of benzene rings is 2. The topological polar surface area (TPSA) is 59.8 Å². The van der Waals surface area contributed by atoms with Crippen LogP contribution in [0.4, 0.5) is 5.69 Å². The molecule has 116 valence electrons. The first kappa shape index (κ1) is 15.0. The Bertz CT molecular complexity index is 867. The van der Waals surface area contributed by atoms with Crippen LogP contribution in [0.5, 0.6) is 0 Å². The SMILES string of the molecule is Cc1ccc(C(=O)Nc2ccccc2-c2nncn2C)c(C)c1. The van der Waals surface area contributed by atoms with Gasteiger partial charge in [-0.15, -0.1) is 10.2 Å². The van der Waals surface area contributed by atoms with E-state index in [0.717, 1.165) is 16.7 Å². The highest BCUT2D eigenvalue weighted by Crippen LogP contribution is 2.26. The molecule has 3 rings (SSSR count). The minimum Gasteiger partial charge on any atom is -0.321 e. The van der Waals surface area contributed by atoms with Gasteiger partial charge in [0.25, 0.3) is 5.91 Å². The largest absolute Gasteiger partial charge is 0.321 e. The van der Waals surface area contributed by atoms with Crippen molar-refractivity contribution in [1.82, 2.24) is 14.8 Å². The summed E-state index contributed by atoms with van der Waals surface area (Å²) in [6.07, 6.45) is 1.64. The van der Waals surface area contributed by atoms with Crippen LogP contribution in [0.2, 0.25) is 0 Å². The Morgan fingerprint density at radius 3 is 2.61 bits per heavy atom. The summed E-state index contributed by atoms with van der Waals surface area (Å²) in [6.45, 7) is 3.95. The van der Waals surface area contributed by atoms with E-state index in [0.29, 0.717) is 17.1 Å². The fourth-order valence-corrected chi connectivity index (χ4v) is 2.57. The number of para-hydroxylation sites is 1. The molecule has 0 atom stereocenters. The molecule has 0 saturated heterocycles. The van der Waals surface area contributed by atoms with E-state index < -0.39 is 0 Å². The summed E-state index contributed by atoms with van der Waals surface area (Å²) in [5.74, 6) is 0.582. The molecule has 0 fully saturated rings. The second-order valence-electron chi connectivity index (χ2n) is 5.58. The molecule has 0 spiro atoms. The van der Waals surface area contributed by atoms with Crippen molar-refractivity contribution >= 4 is 11.6 Å². The maximum atomic E-state index is 12.6. The first-order valence-electron chi connectivity index (χ1n) is 7.38. The summed E-state index contributed by atoms with van der Waals surface area (Å²) in [4.78, 5) is 12.6. The predicted octanol–water partition coefficient (Wildman–Crippen LogP) is 3.35. The molecule has 0 aliphatic rings. The average Bonchev–Trinajstić information content (AvgIpc) is 2.93. The van der Waals surface area contributed by atoms with Crippen molar-refractivity contribution in [2.24, 2.45) is 7.05 Å². The first-order chi connectivity index (χ1) is 11.1. The van der Waals surface area contributed by atoms with E-state index in [-0.39, 0.29) is 5.91 Å². The predicted molar refractivity (Wildman–Crippen MR) is 90.3 cm³/mol. The first-order valence-corrected chi connectivity index (χ1v) is 7.38. The Hall–Kier alpha value is -2.95. The van der Waals surface area contributed by atoms with Crippen molar-refractivity contribution < 1.29 is 4.79 Å². The maximum absolute atomic E-state index is 12.6. The number of aryl methyl sites for hydroxylation is 3. The van der Waals surface area contributed by atoms with Gasteiger partial charge < -0.3 is 9.88 Å². The van der Waals surface area contributed by atoms with E-state index >= 15 is 0 Å². The van der Waals surface area contributed by atoms with Crippen LogP contribution in [0.25, 0.3) is 11.4 Å². The molecule has 5 nitrogen and oxygen atoms in total. The molecule has 0 radical (unpaired) electrons. The van der Waals surface area contributed by atoms with Crippen LogP contribution in [0.3, 0.4) is 0 Å². The normalized spacial score (nSPS) is 10.6. The van der Waals surface area contributed by atoms with Gasteiger partial charge in [0.15, 0.2) is 5.82 Å².